The quantitative estimate of drug-likeness (QED) is 0.680. The first-order valence-corrected chi connectivity index (χ1v) is 9.61. The summed E-state index contributed by atoms with van der Waals surface area (Å²) in [6, 6.07) is 5.24. The van der Waals surface area contributed by atoms with Crippen LogP contribution in [-0.2, 0) is 11.3 Å². The summed E-state index contributed by atoms with van der Waals surface area (Å²) in [5.41, 5.74) is 0.461. The lowest BCUT2D eigenvalue weighted by Crippen LogP contribution is -2.23. The van der Waals surface area contributed by atoms with Crippen LogP contribution >= 0.6 is 27.3 Å². The molecule has 3 aromatic rings. The molecule has 0 atom stereocenters. The van der Waals surface area contributed by atoms with E-state index < -0.39 is 0 Å². The number of carbonyl (C=O) groups excluding carboxylic acids is 1. The van der Waals surface area contributed by atoms with Crippen molar-refractivity contribution in [2.45, 2.75) is 13.0 Å². The molecule has 3 heterocycles. The van der Waals surface area contributed by atoms with Crippen molar-refractivity contribution in [2.24, 2.45) is 0 Å². The Kier molecular flexibility index (Phi) is 4.64. The second-order valence-corrected chi connectivity index (χ2v) is 7.41. The molecule has 0 radical (unpaired) electrons. The predicted octanol–water partition coefficient (Wildman–Crippen LogP) is 3.02. The first-order chi connectivity index (χ1) is 12.6. The van der Waals surface area contributed by atoms with E-state index in [-0.39, 0.29) is 24.4 Å². The van der Waals surface area contributed by atoms with Crippen molar-refractivity contribution in [3.05, 3.63) is 44.7 Å². The number of hydrogen-bond donors (Lipinski definition) is 1. The average molecular weight is 436 g/mol. The van der Waals surface area contributed by atoms with Crippen molar-refractivity contribution >= 4 is 49.1 Å². The second kappa shape index (κ2) is 7.08. The van der Waals surface area contributed by atoms with Gasteiger partial charge in [0, 0.05) is 29.6 Å². The summed E-state index contributed by atoms with van der Waals surface area (Å²) in [5, 5.41) is 5.23. The van der Waals surface area contributed by atoms with E-state index in [0.717, 1.165) is 0 Å². The molecule has 1 aliphatic heterocycles. The van der Waals surface area contributed by atoms with Crippen LogP contribution in [-0.4, -0.2) is 28.7 Å². The van der Waals surface area contributed by atoms with Crippen LogP contribution < -0.4 is 20.3 Å². The van der Waals surface area contributed by atoms with Crippen molar-refractivity contribution in [2.75, 3.05) is 18.5 Å². The van der Waals surface area contributed by atoms with Crippen LogP contribution in [0, 0.1) is 0 Å². The van der Waals surface area contributed by atoms with Gasteiger partial charge >= 0.3 is 0 Å². The van der Waals surface area contributed by atoms with E-state index in [1.165, 1.54) is 22.2 Å². The van der Waals surface area contributed by atoms with Gasteiger partial charge in [0.05, 0.1) is 17.4 Å². The zero-order valence-corrected chi connectivity index (χ0v) is 15.9. The number of ether oxygens (including phenoxy) is 2. The van der Waals surface area contributed by atoms with E-state index in [1.807, 2.05) is 5.38 Å². The number of carbonyl (C=O) groups is 1. The highest BCUT2D eigenvalue weighted by molar-refractivity contribution is 9.10. The molecule has 9 heteroatoms. The van der Waals surface area contributed by atoms with Gasteiger partial charge in [0.15, 0.2) is 11.5 Å². The molecule has 0 fully saturated rings. The zero-order valence-electron chi connectivity index (χ0n) is 13.5. The summed E-state index contributed by atoms with van der Waals surface area (Å²) >= 11 is 4.84. The fourth-order valence-corrected chi connectivity index (χ4v) is 3.79. The van der Waals surface area contributed by atoms with E-state index in [2.05, 4.69) is 26.2 Å². The number of aryl methyl sites for hydroxylation is 1. The monoisotopic (exact) mass is 435 g/mol. The summed E-state index contributed by atoms with van der Waals surface area (Å²) in [6.45, 7) is 1.23. The zero-order chi connectivity index (χ0) is 18.1. The van der Waals surface area contributed by atoms with Crippen molar-refractivity contribution < 1.29 is 14.3 Å². The fourth-order valence-electron chi connectivity index (χ4n) is 2.65. The molecule has 2 aromatic heterocycles. The molecule has 1 amide bonds. The van der Waals surface area contributed by atoms with Crippen LogP contribution in [0.3, 0.4) is 0 Å². The molecule has 26 heavy (non-hydrogen) atoms. The van der Waals surface area contributed by atoms with E-state index in [1.54, 1.807) is 18.2 Å². The third-order valence-corrected chi connectivity index (χ3v) is 5.41. The van der Waals surface area contributed by atoms with Gasteiger partial charge < -0.3 is 14.8 Å². The van der Waals surface area contributed by atoms with E-state index in [9.17, 15) is 9.59 Å². The predicted molar refractivity (Wildman–Crippen MR) is 102 cm³/mol. The maximum Gasteiger partial charge on any atom is 0.262 e. The number of rotatable bonds is 4. The topological polar surface area (TPSA) is 82.5 Å². The molecule has 1 aromatic carbocycles. The standard InChI is InChI=1S/C17H14BrN3O4S/c18-11-7-13-14(25-5-4-24-13)8-12(11)20-15(22)1-3-21-9-19-16-10(17(21)23)2-6-26-16/h2,6-9H,1,3-5H2,(H,20,22). The molecular formula is C17H14BrN3O4S. The Morgan fingerprint density at radius 3 is 2.88 bits per heavy atom. The van der Waals surface area contributed by atoms with Crippen LogP contribution in [0.4, 0.5) is 5.69 Å². The molecule has 4 rings (SSSR count). The van der Waals surface area contributed by atoms with Crippen LogP contribution in [0.25, 0.3) is 10.2 Å². The van der Waals surface area contributed by atoms with E-state index in [4.69, 9.17) is 9.47 Å². The molecule has 0 saturated carbocycles. The van der Waals surface area contributed by atoms with Gasteiger partial charge in [-0.3, -0.25) is 14.2 Å². The van der Waals surface area contributed by atoms with Gasteiger partial charge in [-0.25, -0.2) is 4.98 Å². The molecule has 7 nitrogen and oxygen atoms in total. The number of nitrogens with zero attached hydrogens (tertiary/aromatic N) is 2. The lowest BCUT2D eigenvalue weighted by atomic mass is 10.2. The number of anilines is 1. The minimum Gasteiger partial charge on any atom is -0.486 e. The van der Waals surface area contributed by atoms with Crippen molar-refractivity contribution in [1.82, 2.24) is 9.55 Å². The van der Waals surface area contributed by atoms with Gasteiger partial charge in [-0.2, -0.15) is 0 Å². The van der Waals surface area contributed by atoms with Gasteiger partial charge in [0.1, 0.15) is 18.0 Å². The highest BCUT2D eigenvalue weighted by atomic mass is 79.9. The molecule has 0 aliphatic carbocycles. The van der Waals surface area contributed by atoms with Crippen molar-refractivity contribution in [1.29, 1.82) is 0 Å². The van der Waals surface area contributed by atoms with Crippen LogP contribution in [0.1, 0.15) is 6.42 Å². The minimum absolute atomic E-state index is 0.135. The van der Waals surface area contributed by atoms with Crippen molar-refractivity contribution in [3.8, 4) is 11.5 Å². The lowest BCUT2D eigenvalue weighted by molar-refractivity contribution is -0.116. The van der Waals surface area contributed by atoms with E-state index in [0.29, 0.717) is 45.1 Å². The Bertz CT molecular complexity index is 1050. The number of nitrogens with one attached hydrogen (secondary N) is 1. The molecule has 134 valence electrons. The Morgan fingerprint density at radius 2 is 2.08 bits per heavy atom. The number of thiophene rings is 1. The van der Waals surface area contributed by atoms with Gasteiger partial charge in [-0.05, 0) is 27.4 Å². The smallest absolute Gasteiger partial charge is 0.262 e. The Balaban J connectivity index is 1.45. The van der Waals surface area contributed by atoms with Gasteiger partial charge in [-0.15, -0.1) is 11.3 Å². The number of halogens is 1. The number of aromatic nitrogens is 2. The molecule has 0 unspecified atom stereocenters. The third-order valence-electron chi connectivity index (χ3n) is 3.94. The lowest BCUT2D eigenvalue weighted by Gasteiger charge is -2.20. The summed E-state index contributed by atoms with van der Waals surface area (Å²) < 4.78 is 13.2. The molecule has 1 N–H and O–H groups in total. The van der Waals surface area contributed by atoms with Crippen molar-refractivity contribution in [3.63, 3.8) is 0 Å². The average Bonchev–Trinajstić information content (AvgIpc) is 3.11. The summed E-state index contributed by atoms with van der Waals surface area (Å²) in [7, 11) is 0. The SMILES string of the molecule is O=C(CCn1cnc2sccc2c1=O)Nc1cc2c(cc1Br)OCCO2. The summed E-state index contributed by atoms with van der Waals surface area (Å²) in [6.07, 6.45) is 1.63. The number of fused-ring (bicyclic) bond motifs is 2. The van der Waals surface area contributed by atoms with Crippen LogP contribution in [0.5, 0.6) is 11.5 Å². The third kappa shape index (κ3) is 3.32. The molecular weight excluding hydrogens is 422 g/mol. The number of benzene rings is 1. The first-order valence-electron chi connectivity index (χ1n) is 7.93. The molecule has 0 bridgehead atoms. The Hall–Kier alpha value is -2.39. The maximum atomic E-state index is 12.3. The van der Waals surface area contributed by atoms with Crippen LogP contribution in [0.15, 0.2) is 39.2 Å². The first kappa shape index (κ1) is 17.0. The summed E-state index contributed by atoms with van der Waals surface area (Å²) in [4.78, 5) is 29.6. The van der Waals surface area contributed by atoms with Gasteiger partial charge in [0.25, 0.3) is 5.56 Å². The minimum atomic E-state index is -0.209. The Labute approximate surface area is 160 Å². The largest absolute Gasteiger partial charge is 0.486 e. The second-order valence-electron chi connectivity index (χ2n) is 5.66. The highest BCUT2D eigenvalue weighted by Crippen LogP contribution is 2.38. The number of amides is 1. The Morgan fingerprint density at radius 1 is 1.31 bits per heavy atom. The highest BCUT2D eigenvalue weighted by Gasteiger charge is 2.16. The van der Waals surface area contributed by atoms with Crippen LogP contribution in [0.2, 0.25) is 0 Å². The fraction of sp³-hybridized carbons (Fsp3) is 0.235. The summed E-state index contributed by atoms with van der Waals surface area (Å²) in [5.74, 6) is 1.03. The van der Waals surface area contributed by atoms with E-state index >= 15 is 0 Å². The molecule has 0 saturated heterocycles. The van der Waals surface area contributed by atoms with Gasteiger partial charge in [-0.1, -0.05) is 0 Å². The molecule has 1 aliphatic rings. The number of hydrogen-bond acceptors (Lipinski definition) is 6. The maximum absolute atomic E-state index is 12.3. The van der Waals surface area contributed by atoms with Gasteiger partial charge in [0.2, 0.25) is 5.91 Å². The molecule has 0 spiro atoms. The normalized spacial score (nSPS) is 13.0.